The summed E-state index contributed by atoms with van der Waals surface area (Å²) in [5, 5.41) is 3.05. The molecule has 3 nitrogen and oxygen atoms in total. The molecule has 0 unspecified atom stereocenters. The van der Waals surface area contributed by atoms with Crippen LogP contribution in [0.4, 0.5) is 0 Å². The predicted molar refractivity (Wildman–Crippen MR) is 65.3 cm³/mol. The van der Waals surface area contributed by atoms with Crippen LogP contribution in [0.5, 0.6) is 0 Å². The summed E-state index contributed by atoms with van der Waals surface area (Å²) in [5.41, 5.74) is 0.989. The smallest absolute Gasteiger partial charge is 0.284 e. The highest BCUT2D eigenvalue weighted by atomic mass is 32.2. The van der Waals surface area contributed by atoms with Gasteiger partial charge in [-0.2, -0.15) is 0 Å². The molecule has 1 N–H and O–H groups in total. The number of carbonyl (C=O) groups excluding carboxylic acids is 2. The van der Waals surface area contributed by atoms with Gasteiger partial charge in [0.15, 0.2) is 0 Å². The average molecular weight is 237 g/mol. The Morgan fingerprint density at radius 3 is 2.50 bits per heavy atom. The van der Waals surface area contributed by atoms with Gasteiger partial charge in [0.1, 0.15) is 0 Å². The van der Waals surface area contributed by atoms with Crippen LogP contribution < -0.4 is 5.32 Å². The molecule has 1 rings (SSSR count). The van der Waals surface area contributed by atoms with E-state index in [1.54, 1.807) is 11.8 Å². The second-order valence-corrected chi connectivity index (χ2v) is 5.30. The van der Waals surface area contributed by atoms with E-state index in [0.29, 0.717) is 11.8 Å². The van der Waals surface area contributed by atoms with E-state index in [0.717, 1.165) is 5.56 Å². The Hall–Kier alpha value is -1.29. The molecule has 0 heterocycles. The molecular weight excluding hydrogens is 222 g/mol. The predicted octanol–water partition coefficient (Wildman–Crippen LogP) is 2.00. The van der Waals surface area contributed by atoms with Crippen molar-refractivity contribution >= 4 is 24.0 Å². The molecular formula is C12H15NO2S. The van der Waals surface area contributed by atoms with Crippen molar-refractivity contribution in [1.82, 2.24) is 5.32 Å². The summed E-state index contributed by atoms with van der Waals surface area (Å²) in [5.74, 6) is -0.583. The minimum absolute atomic E-state index is 0.281. The van der Waals surface area contributed by atoms with Gasteiger partial charge in [-0.25, -0.2) is 0 Å². The van der Waals surface area contributed by atoms with Crippen LogP contribution in [0.15, 0.2) is 29.2 Å². The highest BCUT2D eigenvalue weighted by Gasteiger charge is 2.00. The van der Waals surface area contributed by atoms with E-state index in [-0.39, 0.29) is 6.29 Å². The summed E-state index contributed by atoms with van der Waals surface area (Å²) in [6, 6.07) is 7.95. The molecule has 1 amide bonds. The monoisotopic (exact) mass is 237 g/mol. The second kappa shape index (κ2) is 6.33. The normalized spacial score (nSPS) is 10.2. The second-order valence-electron chi connectivity index (χ2n) is 3.65. The molecule has 0 saturated heterocycles. The van der Waals surface area contributed by atoms with E-state index in [4.69, 9.17) is 0 Å². The molecule has 16 heavy (non-hydrogen) atoms. The molecule has 0 aliphatic heterocycles. The van der Waals surface area contributed by atoms with Crippen LogP contribution in [0.25, 0.3) is 0 Å². The molecule has 0 radical (unpaired) electrons. The van der Waals surface area contributed by atoms with Gasteiger partial charge in [0.05, 0.1) is 0 Å². The first kappa shape index (κ1) is 12.8. The quantitative estimate of drug-likeness (QED) is 0.484. The Morgan fingerprint density at radius 1 is 1.38 bits per heavy atom. The van der Waals surface area contributed by atoms with Crippen LogP contribution in [0.3, 0.4) is 0 Å². The van der Waals surface area contributed by atoms with Crippen LogP contribution in [-0.2, 0) is 16.1 Å². The summed E-state index contributed by atoms with van der Waals surface area (Å²) in [7, 11) is 0. The van der Waals surface area contributed by atoms with Gasteiger partial charge in [-0.15, -0.1) is 11.8 Å². The number of carbonyl (C=O) groups is 2. The van der Waals surface area contributed by atoms with Gasteiger partial charge in [-0.1, -0.05) is 26.0 Å². The van der Waals surface area contributed by atoms with E-state index in [1.807, 2.05) is 24.3 Å². The first-order valence-corrected chi connectivity index (χ1v) is 5.98. The maximum absolute atomic E-state index is 10.7. The first-order chi connectivity index (χ1) is 7.61. The van der Waals surface area contributed by atoms with E-state index in [9.17, 15) is 9.59 Å². The van der Waals surface area contributed by atoms with Gasteiger partial charge in [0, 0.05) is 16.7 Å². The van der Waals surface area contributed by atoms with Crippen molar-refractivity contribution in [2.24, 2.45) is 0 Å². The van der Waals surface area contributed by atoms with Crippen LogP contribution in [0, 0.1) is 0 Å². The van der Waals surface area contributed by atoms with Crippen molar-refractivity contribution in [2.75, 3.05) is 0 Å². The molecule has 0 aliphatic rings. The molecule has 0 fully saturated rings. The highest BCUT2D eigenvalue weighted by Crippen LogP contribution is 2.22. The van der Waals surface area contributed by atoms with Gasteiger partial charge in [0.25, 0.3) is 5.91 Å². The highest BCUT2D eigenvalue weighted by molar-refractivity contribution is 7.99. The topological polar surface area (TPSA) is 46.2 Å². The zero-order chi connectivity index (χ0) is 12.0. The van der Waals surface area contributed by atoms with E-state index >= 15 is 0 Å². The fourth-order valence-electron chi connectivity index (χ4n) is 1.19. The minimum atomic E-state index is -0.583. The third-order valence-corrected chi connectivity index (χ3v) is 2.88. The van der Waals surface area contributed by atoms with Gasteiger partial charge >= 0.3 is 0 Å². The Kier molecular flexibility index (Phi) is 5.05. The van der Waals surface area contributed by atoms with Crippen molar-refractivity contribution in [3.05, 3.63) is 29.8 Å². The molecule has 0 spiro atoms. The molecule has 0 atom stereocenters. The number of rotatable bonds is 5. The molecule has 0 aliphatic carbocycles. The van der Waals surface area contributed by atoms with E-state index < -0.39 is 5.91 Å². The van der Waals surface area contributed by atoms with Crippen molar-refractivity contribution in [1.29, 1.82) is 0 Å². The third kappa shape index (κ3) is 4.49. The average Bonchev–Trinajstić information content (AvgIpc) is 2.27. The Balaban J connectivity index is 2.51. The summed E-state index contributed by atoms with van der Waals surface area (Å²) >= 11 is 1.79. The number of nitrogens with one attached hydrogen (secondary N) is 1. The Bertz CT molecular complexity index is 360. The minimum Gasteiger partial charge on any atom is -0.346 e. The molecule has 4 heteroatoms. The van der Waals surface area contributed by atoms with Crippen molar-refractivity contribution in [3.8, 4) is 0 Å². The standard InChI is InChI=1S/C12H15NO2S/c1-9(2)16-11-5-3-10(4-6-11)7-13-12(15)8-14/h3-6,8-9H,7H2,1-2H3,(H,13,15). The van der Waals surface area contributed by atoms with Crippen LogP contribution in [-0.4, -0.2) is 17.4 Å². The number of hydrogen-bond donors (Lipinski definition) is 1. The molecule has 1 aromatic carbocycles. The zero-order valence-electron chi connectivity index (χ0n) is 9.40. The lowest BCUT2D eigenvalue weighted by Crippen LogP contribution is -2.23. The molecule has 86 valence electrons. The van der Waals surface area contributed by atoms with Gasteiger partial charge < -0.3 is 5.32 Å². The third-order valence-electron chi connectivity index (χ3n) is 1.87. The maximum Gasteiger partial charge on any atom is 0.284 e. The van der Waals surface area contributed by atoms with Crippen LogP contribution in [0.1, 0.15) is 19.4 Å². The summed E-state index contributed by atoms with van der Waals surface area (Å²) in [6.45, 7) is 4.68. The summed E-state index contributed by atoms with van der Waals surface area (Å²) < 4.78 is 0. The maximum atomic E-state index is 10.7. The van der Waals surface area contributed by atoms with Crippen LogP contribution >= 0.6 is 11.8 Å². The SMILES string of the molecule is CC(C)Sc1ccc(CNC(=O)C=O)cc1. The van der Waals surface area contributed by atoms with Crippen molar-refractivity contribution in [3.63, 3.8) is 0 Å². The van der Waals surface area contributed by atoms with E-state index in [2.05, 4.69) is 19.2 Å². The molecule has 1 aromatic rings. The number of amides is 1. The lowest BCUT2D eigenvalue weighted by molar-refractivity contribution is -0.131. The van der Waals surface area contributed by atoms with Crippen molar-refractivity contribution < 1.29 is 9.59 Å². The zero-order valence-corrected chi connectivity index (χ0v) is 10.2. The lowest BCUT2D eigenvalue weighted by atomic mass is 10.2. The molecule has 0 saturated carbocycles. The number of hydrogen-bond acceptors (Lipinski definition) is 3. The number of aldehydes is 1. The summed E-state index contributed by atoms with van der Waals surface area (Å²) in [4.78, 5) is 22.0. The fourth-order valence-corrected chi connectivity index (χ4v) is 2.03. The number of benzene rings is 1. The molecule has 0 bridgehead atoms. The van der Waals surface area contributed by atoms with Crippen molar-refractivity contribution in [2.45, 2.75) is 30.5 Å². The van der Waals surface area contributed by atoms with Gasteiger partial charge in [0.2, 0.25) is 6.29 Å². The fraction of sp³-hybridized carbons (Fsp3) is 0.333. The van der Waals surface area contributed by atoms with E-state index in [1.165, 1.54) is 4.90 Å². The first-order valence-electron chi connectivity index (χ1n) is 5.10. The Labute approximate surface area is 99.6 Å². The Morgan fingerprint density at radius 2 is 2.00 bits per heavy atom. The number of thioether (sulfide) groups is 1. The van der Waals surface area contributed by atoms with Crippen LogP contribution in [0.2, 0.25) is 0 Å². The van der Waals surface area contributed by atoms with Gasteiger partial charge in [-0.05, 0) is 17.7 Å². The summed E-state index contributed by atoms with van der Waals surface area (Å²) in [6.07, 6.45) is 0.281. The van der Waals surface area contributed by atoms with Gasteiger partial charge in [-0.3, -0.25) is 9.59 Å². The lowest BCUT2D eigenvalue weighted by Gasteiger charge is -2.06. The largest absolute Gasteiger partial charge is 0.346 e. The molecule has 0 aromatic heterocycles.